The zero-order chi connectivity index (χ0) is 9.40. The predicted molar refractivity (Wildman–Crippen MR) is 43.3 cm³/mol. The number of hydrogen-bond donors (Lipinski definition) is 0. The van der Waals surface area contributed by atoms with E-state index >= 15 is 0 Å². The topological polar surface area (TPSA) is 44.8 Å². The van der Waals surface area contributed by atoms with E-state index in [0.29, 0.717) is 6.61 Å². The summed E-state index contributed by atoms with van der Waals surface area (Å²) in [6, 6.07) is 0. The van der Waals surface area contributed by atoms with Crippen LogP contribution in [0.3, 0.4) is 0 Å². The fourth-order valence-electron chi connectivity index (χ4n) is 0.508. The van der Waals surface area contributed by atoms with Crippen LogP contribution >= 0.6 is 0 Å². The van der Waals surface area contributed by atoms with Gasteiger partial charge in [0.1, 0.15) is 12.7 Å². The average Bonchev–Trinajstić information content (AvgIpc) is 2.05. The normalized spacial score (nSPS) is 12.2. The van der Waals surface area contributed by atoms with Crippen LogP contribution in [-0.2, 0) is 19.3 Å². The molecule has 0 spiro atoms. The van der Waals surface area contributed by atoms with Gasteiger partial charge in [-0.05, 0) is 13.8 Å². The molecule has 4 heteroatoms. The molecule has 0 saturated carbocycles. The fraction of sp³-hybridized carbons (Fsp3) is 0.625. The van der Waals surface area contributed by atoms with E-state index in [9.17, 15) is 4.79 Å². The molecule has 0 saturated heterocycles. The third-order valence-electron chi connectivity index (χ3n) is 0.988. The molecular weight excluding hydrogens is 160 g/mol. The maximum Gasteiger partial charge on any atom is 0.330 e. The van der Waals surface area contributed by atoms with E-state index in [4.69, 9.17) is 4.74 Å². The second kappa shape index (κ2) is 6.82. The zero-order valence-corrected chi connectivity index (χ0v) is 7.41. The third-order valence-corrected chi connectivity index (χ3v) is 0.988. The average molecular weight is 174 g/mol. The van der Waals surface area contributed by atoms with E-state index in [1.165, 1.54) is 0 Å². The molecule has 0 bridgehead atoms. The van der Waals surface area contributed by atoms with Crippen molar-refractivity contribution >= 4 is 5.97 Å². The molecule has 0 heterocycles. The van der Waals surface area contributed by atoms with Gasteiger partial charge in [-0.1, -0.05) is 6.58 Å². The second-order valence-corrected chi connectivity index (χ2v) is 2.14. The number of esters is 1. The predicted octanol–water partition coefficient (Wildman–Crippen LogP) is 1.07. The van der Waals surface area contributed by atoms with Gasteiger partial charge in [-0.3, -0.25) is 0 Å². The highest BCUT2D eigenvalue weighted by molar-refractivity contribution is 5.81. The molecule has 0 aromatic rings. The van der Waals surface area contributed by atoms with Gasteiger partial charge in [0.15, 0.2) is 0 Å². The molecule has 0 aliphatic heterocycles. The van der Waals surface area contributed by atoms with Gasteiger partial charge >= 0.3 is 5.97 Å². The molecule has 0 aromatic carbocycles. The number of ether oxygens (including phenoxy) is 1. The van der Waals surface area contributed by atoms with E-state index in [1.54, 1.807) is 13.8 Å². The van der Waals surface area contributed by atoms with Crippen molar-refractivity contribution in [2.24, 2.45) is 0 Å². The number of carbonyl (C=O) groups is 1. The SMILES string of the molecule is C=CC(=O)OC(C)COOCC. The van der Waals surface area contributed by atoms with Crippen LogP contribution in [0, 0.1) is 0 Å². The van der Waals surface area contributed by atoms with Crippen molar-refractivity contribution < 1.29 is 19.3 Å². The Labute approximate surface area is 72.0 Å². The molecule has 0 rings (SSSR count). The minimum absolute atomic E-state index is 0.230. The molecule has 0 amide bonds. The van der Waals surface area contributed by atoms with Crippen LogP contribution in [-0.4, -0.2) is 25.3 Å². The zero-order valence-electron chi connectivity index (χ0n) is 7.41. The molecule has 0 N–H and O–H groups in total. The first-order valence-corrected chi connectivity index (χ1v) is 3.78. The number of rotatable bonds is 6. The van der Waals surface area contributed by atoms with Crippen LogP contribution in [0.25, 0.3) is 0 Å². The van der Waals surface area contributed by atoms with E-state index in [2.05, 4.69) is 16.4 Å². The van der Waals surface area contributed by atoms with Gasteiger partial charge in [0.25, 0.3) is 0 Å². The summed E-state index contributed by atoms with van der Waals surface area (Å²) in [5, 5.41) is 0. The lowest BCUT2D eigenvalue weighted by Gasteiger charge is -2.10. The van der Waals surface area contributed by atoms with Gasteiger partial charge in [0.2, 0.25) is 0 Å². The molecule has 0 radical (unpaired) electrons. The monoisotopic (exact) mass is 174 g/mol. The van der Waals surface area contributed by atoms with Crippen LogP contribution < -0.4 is 0 Å². The van der Waals surface area contributed by atoms with Gasteiger partial charge in [-0.15, -0.1) is 0 Å². The van der Waals surface area contributed by atoms with E-state index in [1.807, 2.05) is 0 Å². The van der Waals surface area contributed by atoms with Crippen LogP contribution in [0.5, 0.6) is 0 Å². The van der Waals surface area contributed by atoms with E-state index in [-0.39, 0.29) is 12.7 Å². The number of hydrogen-bond acceptors (Lipinski definition) is 4. The Morgan fingerprint density at radius 2 is 2.25 bits per heavy atom. The second-order valence-electron chi connectivity index (χ2n) is 2.14. The maximum absolute atomic E-state index is 10.6. The van der Waals surface area contributed by atoms with Crippen molar-refractivity contribution in [3.63, 3.8) is 0 Å². The molecule has 1 unspecified atom stereocenters. The van der Waals surface area contributed by atoms with Crippen molar-refractivity contribution in [3.8, 4) is 0 Å². The summed E-state index contributed by atoms with van der Waals surface area (Å²) in [4.78, 5) is 19.9. The van der Waals surface area contributed by atoms with Crippen LogP contribution in [0.1, 0.15) is 13.8 Å². The Balaban J connectivity index is 3.38. The lowest BCUT2D eigenvalue weighted by atomic mass is 10.4. The lowest BCUT2D eigenvalue weighted by Crippen LogP contribution is -2.19. The molecule has 70 valence electrons. The standard InChI is InChI=1S/C8H14O4/c1-4-8(9)12-7(3)6-11-10-5-2/h4,7H,1,5-6H2,2-3H3. The molecule has 0 fully saturated rings. The highest BCUT2D eigenvalue weighted by atomic mass is 17.2. The smallest absolute Gasteiger partial charge is 0.330 e. The van der Waals surface area contributed by atoms with Gasteiger partial charge in [0.05, 0.1) is 6.61 Å². The minimum Gasteiger partial charge on any atom is -0.457 e. The summed E-state index contributed by atoms with van der Waals surface area (Å²) >= 11 is 0. The summed E-state index contributed by atoms with van der Waals surface area (Å²) < 4.78 is 4.78. The van der Waals surface area contributed by atoms with Crippen LogP contribution in [0.15, 0.2) is 12.7 Å². The first-order valence-electron chi connectivity index (χ1n) is 3.78. The Bertz CT molecular complexity index is 144. The van der Waals surface area contributed by atoms with E-state index in [0.717, 1.165) is 6.08 Å². The van der Waals surface area contributed by atoms with Crippen LogP contribution in [0.4, 0.5) is 0 Å². The van der Waals surface area contributed by atoms with Gasteiger partial charge in [-0.2, -0.15) is 0 Å². The Morgan fingerprint density at radius 3 is 2.75 bits per heavy atom. The Kier molecular flexibility index (Phi) is 6.32. The van der Waals surface area contributed by atoms with Crippen molar-refractivity contribution in [1.82, 2.24) is 0 Å². The largest absolute Gasteiger partial charge is 0.457 e. The molecule has 4 nitrogen and oxygen atoms in total. The van der Waals surface area contributed by atoms with E-state index < -0.39 is 5.97 Å². The van der Waals surface area contributed by atoms with Crippen molar-refractivity contribution in [2.45, 2.75) is 20.0 Å². The maximum atomic E-state index is 10.6. The highest BCUT2D eigenvalue weighted by Gasteiger charge is 2.06. The van der Waals surface area contributed by atoms with Crippen molar-refractivity contribution in [2.75, 3.05) is 13.2 Å². The summed E-state index contributed by atoms with van der Waals surface area (Å²) in [5.41, 5.74) is 0. The summed E-state index contributed by atoms with van der Waals surface area (Å²) in [7, 11) is 0. The number of carbonyl (C=O) groups excluding carboxylic acids is 1. The van der Waals surface area contributed by atoms with Gasteiger partial charge in [0, 0.05) is 6.08 Å². The first kappa shape index (κ1) is 11.1. The van der Waals surface area contributed by atoms with Crippen molar-refractivity contribution in [1.29, 1.82) is 0 Å². The molecule has 0 aromatic heterocycles. The minimum atomic E-state index is -0.456. The molecular formula is C8H14O4. The van der Waals surface area contributed by atoms with Gasteiger partial charge < -0.3 is 4.74 Å². The summed E-state index contributed by atoms with van der Waals surface area (Å²) in [5.74, 6) is -0.456. The fourth-order valence-corrected chi connectivity index (χ4v) is 0.508. The van der Waals surface area contributed by atoms with Crippen molar-refractivity contribution in [3.05, 3.63) is 12.7 Å². The first-order chi connectivity index (χ1) is 5.70. The Hall–Kier alpha value is -0.870. The molecule has 0 aliphatic carbocycles. The highest BCUT2D eigenvalue weighted by Crippen LogP contribution is 1.93. The lowest BCUT2D eigenvalue weighted by molar-refractivity contribution is -0.301. The Morgan fingerprint density at radius 1 is 1.58 bits per heavy atom. The summed E-state index contributed by atoms with van der Waals surface area (Å²) in [6.07, 6.45) is 0.791. The summed E-state index contributed by atoms with van der Waals surface area (Å²) in [6.45, 7) is 7.48. The quantitative estimate of drug-likeness (QED) is 0.199. The molecule has 1 atom stereocenters. The van der Waals surface area contributed by atoms with Crippen LogP contribution in [0.2, 0.25) is 0 Å². The molecule has 12 heavy (non-hydrogen) atoms. The third kappa shape index (κ3) is 5.88. The van der Waals surface area contributed by atoms with Gasteiger partial charge in [-0.25, -0.2) is 14.6 Å². The molecule has 0 aliphatic rings.